The number of aryl methyl sites for hydroxylation is 2. The number of nitrogens with zero attached hydrogens (tertiary/aromatic N) is 6. The van der Waals surface area contributed by atoms with Crippen molar-refractivity contribution in [2.24, 2.45) is 5.10 Å². The van der Waals surface area contributed by atoms with Gasteiger partial charge in [0, 0.05) is 29.2 Å². The number of hydrogen-bond acceptors (Lipinski definition) is 7. The predicted molar refractivity (Wildman–Crippen MR) is 118 cm³/mol. The molecule has 3 aromatic heterocycles. The normalized spacial score (nSPS) is 11.3. The minimum Gasteiger partial charge on any atom is -0.267 e. The number of hydrogen-bond donors (Lipinski definition) is 1. The number of hydrazone groups is 1. The van der Waals surface area contributed by atoms with Crippen LogP contribution in [0.4, 0.5) is 11.5 Å². The average molecular weight is 417 g/mol. The second-order valence-electron chi connectivity index (χ2n) is 6.93. The molecule has 0 saturated carbocycles. The van der Waals surface area contributed by atoms with Gasteiger partial charge in [-0.3, -0.25) is 25.0 Å². The maximum Gasteiger partial charge on any atom is 0.313 e. The quantitative estimate of drug-likeness (QED) is 0.302. The van der Waals surface area contributed by atoms with Crippen molar-refractivity contribution in [2.75, 3.05) is 5.43 Å². The number of aromatic nitrogens is 4. The largest absolute Gasteiger partial charge is 0.313 e. The molecule has 10 heteroatoms. The highest BCUT2D eigenvalue weighted by atomic mass is 16.6. The Hall–Kier alpha value is -4.34. The van der Waals surface area contributed by atoms with E-state index in [0.717, 1.165) is 17.0 Å². The predicted octanol–water partition coefficient (Wildman–Crippen LogP) is 3.18. The summed E-state index contributed by atoms with van der Waals surface area (Å²) in [6.45, 7) is 5.52. The summed E-state index contributed by atoms with van der Waals surface area (Å²) in [5.74, 6) is 0.597. The molecule has 4 rings (SSSR count). The first kappa shape index (κ1) is 20.0. The average Bonchev–Trinajstić information content (AvgIpc) is 3.02. The molecule has 0 bridgehead atoms. The van der Waals surface area contributed by atoms with Gasteiger partial charge in [-0.25, -0.2) is 9.97 Å². The Labute approximate surface area is 176 Å². The summed E-state index contributed by atoms with van der Waals surface area (Å²) in [5.41, 5.74) is 5.23. The van der Waals surface area contributed by atoms with E-state index in [4.69, 9.17) is 0 Å². The number of nitro groups is 1. The first-order valence-electron chi connectivity index (χ1n) is 9.45. The highest BCUT2D eigenvalue weighted by Crippen LogP contribution is 2.20. The molecule has 0 spiro atoms. The van der Waals surface area contributed by atoms with E-state index in [1.54, 1.807) is 23.7 Å². The van der Waals surface area contributed by atoms with Gasteiger partial charge >= 0.3 is 5.69 Å². The van der Waals surface area contributed by atoms with Crippen LogP contribution in [0.5, 0.6) is 0 Å². The zero-order valence-corrected chi connectivity index (χ0v) is 17.1. The van der Waals surface area contributed by atoms with Gasteiger partial charge in [0.2, 0.25) is 5.82 Å². The van der Waals surface area contributed by atoms with E-state index in [2.05, 4.69) is 20.5 Å². The smallest absolute Gasteiger partial charge is 0.267 e. The third kappa shape index (κ3) is 3.54. The van der Waals surface area contributed by atoms with Crippen LogP contribution in [-0.4, -0.2) is 30.5 Å². The maximum atomic E-state index is 13.1. The van der Waals surface area contributed by atoms with Gasteiger partial charge in [-0.05, 0) is 45.0 Å². The van der Waals surface area contributed by atoms with E-state index >= 15 is 0 Å². The molecule has 1 aromatic carbocycles. The number of benzene rings is 1. The minimum absolute atomic E-state index is 0.0448. The molecule has 0 aliphatic rings. The summed E-state index contributed by atoms with van der Waals surface area (Å²) in [5, 5.41) is 15.7. The minimum atomic E-state index is -0.529. The number of rotatable bonds is 5. The first-order chi connectivity index (χ1) is 14.9. The molecule has 0 unspecified atom stereocenters. The molecular formula is C21H19N7O3. The fourth-order valence-corrected chi connectivity index (χ4v) is 3.48. The van der Waals surface area contributed by atoms with E-state index < -0.39 is 4.92 Å². The lowest BCUT2D eigenvalue weighted by molar-refractivity contribution is -0.384. The van der Waals surface area contributed by atoms with E-state index in [0.29, 0.717) is 16.7 Å². The molecule has 10 nitrogen and oxygen atoms in total. The third-order valence-electron chi connectivity index (χ3n) is 4.91. The molecule has 4 aromatic rings. The number of nitrogens with one attached hydrogen (secondary N) is 1. The van der Waals surface area contributed by atoms with Gasteiger partial charge in [-0.1, -0.05) is 12.1 Å². The van der Waals surface area contributed by atoms with Crippen molar-refractivity contribution in [3.8, 4) is 0 Å². The van der Waals surface area contributed by atoms with Gasteiger partial charge < -0.3 is 0 Å². The summed E-state index contributed by atoms with van der Waals surface area (Å²) >= 11 is 0. The number of anilines is 1. The Bertz CT molecular complexity index is 1400. The van der Waals surface area contributed by atoms with Crippen LogP contribution in [0.25, 0.3) is 10.9 Å². The topological polar surface area (TPSA) is 120 Å². The van der Waals surface area contributed by atoms with Gasteiger partial charge in [-0.15, -0.1) is 0 Å². The first-order valence-corrected chi connectivity index (χ1v) is 9.45. The van der Waals surface area contributed by atoms with Crippen molar-refractivity contribution in [1.82, 2.24) is 19.3 Å². The van der Waals surface area contributed by atoms with Crippen LogP contribution in [-0.2, 0) is 0 Å². The van der Waals surface area contributed by atoms with Crippen molar-refractivity contribution < 1.29 is 4.92 Å². The summed E-state index contributed by atoms with van der Waals surface area (Å²) in [6, 6.07) is 11.9. The van der Waals surface area contributed by atoms with Crippen molar-refractivity contribution >= 4 is 28.6 Å². The van der Waals surface area contributed by atoms with Crippen LogP contribution in [0, 0.1) is 30.9 Å². The van der Waals surface area contributed by atoms with E-state index in [1.165, 1.54) is 29.2 Å². The second-order valence-corrected chi connectivity index (χ2v) is 6.93. The van der Waals surface area contributed by atoms with Gasteiger partial charge in [0.25, 0.3) is 5.56 Å². The fourth-order valence-electron chi connectivity index (χ4n) is 3.48. The van der Waals surface area contributed by atoms with Crippen LogP contribution in [0.2, 0.25) is 0 Å². The maximum absolute atomic E-state index is 13.1. The SMILES string of the molecule is Cc1cc(C=NNc2ncccc2[N+](=O)[O-])c(C)n1-n1c(C)nc2ccccc2c1=O. The Morgan fingerprint density at radius 2 is 1.90 bits per heavy atom. The van der Waals surface area contributed by atoms with Crippen molar-refractivity contribution in [1.29, 1.82) is 0 Å². The molecule has 0 fully saturated rings. The highest BCUT2D eigenvalue weighted by Gasteiger charge is 2.16. The Morgan fingerprint density at radius 3 is 2.68 bits per heavy atom. The Balaban J connectivity index is 1.73. The molecule has 1 N–H and O–H groups in total. The Kier molecular flexibility index (Phi) is 5.04. The summed E-state index contributed by atoms with van der Waals surface area (Å²) in [7, 11) is 0. The molecule has 0 saturated heterocycles. The van der Waals surface area contributed by atoms with E-state index in [9.17, 15) is 14.9 Å². The number of pyridine rings is 1. The van der Waals surface area contributed by atoms with E-state index in [-0.39, 0.29) is 17.1 Å². The zero-order valence-electron chi connectivity index (χ0n) is 17.1. The lowest BCUT2D eigenvalue weighted by Gasteiger charge is -2.16. The summed E-state index contributed by atoms with van der Waals surface area (Å²) < 4.78 is 3.31. The van der Waals surface area contributed by atoms with E-state index in [1.807, 2.05) is 32.0 Å². The van der Waals surface area contributed by atoms with Crippen LogP contribution < -0.4 is 11.0 Å². The second kappa shape index (κ2) is 7.82. The number of fused-ring (bicyclic) bond motifs is 1. The van der Waals surface area contributed by atoms with Crippen molar-refractivity contribution in [3.63, 3.8) is 0 Å². The van der Waals surface area contributed by atoms with Gasteiger partial charge in [0.1, 0.15) is 5.82 Å². The Morgan fingerprint density at radius 1 is 1.13 bits per heavy atom. The van der Waals surface area contributed by atoms with Crippen molar-refractivity contribution in [3.05, 3.63) is 91.9 Å². The molecule has 0 amide bonds. The zero-order chi connectivity index (χ0) is 22.1. The van der Waals surface area contributed by atoms with Crippen LogP contribution in [0.15, 0.2) is 58.6 Å². The number of para-hydroxylation sites is 1. The van der Waals surface area contributed by atoms with Gasteiger partial charge in [0.15, 0.2) is 0 Å². The molecule has 0 aliphatic carbocycles. The lowest BCUT2D eigenvalue weighted by atomic mass is 10.2. The molecule has 156 valence electrons. The standard InChI is InChI=1S/C21H19N7O3/c1-13-11-16(12-23-25-20-19(28(30)31)9-6-10-22-20)14(2)26(13)27-15(3)24-18-8-5-4-7-17(18)21(27)29/h4-12H,1-3H3,(H,22,25). The molecule has 0 atom stereocenters. The fraction of sp³-hybridized carbons (Fsp3) is 0.143. The molecule has 3 heterocycles. The third-order valence-corrected chi connectivity index (χ3v) is 4.91. The molecular weight excluding hydrogens is 398 g/mol. The molecule has 0 radical (unpaired) electrons. The van der Waals surface area contributed by atoms with Crippen LogP contribution in [0.1, 0.15) is 22.8 Å². The summed E-state index contributed by atoms with van der Waals surface area (Å²) in [6.07, 6.45) is 2.98. The van der Waals surface area contributed by atoms with Crippen LogP contribution >= 0.6 is 0 Å². The highest BCUT2D eigenvalue weighted by molar-refractivity contribution is 5.82. The lowest BCUT2D eigenvalue weighted by Crippen LogP contribution is -2.30. The van der Waals surface area contributed by atoms with Gasteiger partial charge in [-0.2, -0.15) is 9.78 Å². The monoisotopic (exact) mass is 417 g/mol. The molecule has 0 aliphatic heterocycles. The van der Waals surface area contributed by atoms with Crippen molar-refractivity contribution in [2.45, 2.75) is 20.8 Å². The summed E-state index contributed by atoms with van der Waals surface area (Å²) in [4.78, 5) is 32.2. The van der Waals surface area contributed by atoms with Crippen LogP contribution in [0.3, 0.4) is 0 Å². The molecule has 31 heavy (non-hydrogen) atoms. The van der Waals surface area contributed by atoms with Gasteiger partial charge in [0.05, 0.1) is 22.0 Å².